The minimum Gasteiger partial charge on any atom is -1.00 e. The number of methoxy groups -OCH3 is 3. The van der Waals surface area contributed by atoms with Gasteiger partial charge in [0.25, 0.3) is 6.47 Å². The fraction of sp³-hybridized carbons (Fsp3) is 0.230. The molecule has 588 valence electrons. The minimum absolute atomic E-state index is 0. The van der Waals surface area contributed by atoms with Crippen molar-refractivity contribution in [1.82, 2.24) is 29.3 Å². The Morgan fingerprint density at radius 2 is 0.841 bits per heavy atom. The van der Waals surface area contributed by atoms with Gasteiger partial charge >= 0.3 is 121 Å². The van der Waals surface area contributed by atoms with E-state index in [-0.39, 0.29) is 163 Å². The molecular weight excluding hydrogens is 1620 g/mol. The number of hydrogen-bond donors (Lipinski definition) is 2. The Balaban J connectivity index is 0.000000738. The van der Waals surface area contributed by atoms with Crippen molar-refractivity contribution < 1.29 is 172 Å². The number of ether oxygens (including phenoxy) is 6. The number of halogens is 4. The van der Waals surface area contributed by atoms with E-state index in [1.807, 2.05) is 211 Å². The summed E-state index contributed by atoms with van der Waals surface area (Å²) in [5, 5.41) is 44.0. The van der Waals surface area contributed by atoms with Crippen LogP contribution in [0.2, 0.25) is 15.1 Å². The third-order valence-corrected chi connectivity index (χ3v) is 17.7. The van der Waals surface area contributed by atoms with Crippen molar-refractivity contribution in [3.8, 4) is 84.8 Å². The number of phenols is 1. The fourth-order valence-corrected chi connectivity index (χ4v) is 11.9. The van der Waals surface area contributed by atoms with Gasteiger partial charge in [0.1, 0.15) is 22.1 Å². The SMILES string of the molecule is C.C.C.C.CCn1nc(-c2cc(Cl)ccc2O)cc1-c1ccccc1.CCn1nc(-c2cc(Cl)ccc2OC(C(=O)O)c2ccccc2)cc1-c1ccccc1.CCn1nc(-c2cc(Cl)ccc2OC(C(=O)OC)c2ccccc2)cc1-c1ccccc1.COC(=O)C(Br)c1ccccc1.COC1CCCO1.O=CO[O-].[H-].[K+].[K+]. The van der Waals surface area contributed by atoms with E-state index in [0.29, 0.717) is 78.9 Å². The number of benzene rings is 9. The molecule has 4 atom stereocenters. The summed E-state index contributed by atoms with van der Waals surface area (Å²) in [6.07, 6.45) is 0.251. The third-order valence-electron chi connectivity index (χ3n) is 16.1. The monoisotopic (exact) mass is 1710 g/mol. The summed E-state index contributed by atoms with van der Waals surface area (Å²) in [6.45, 7) is 8.94. The first-order valence-corrected chi connectivity index (χ1v) is 35.9. The molecule has 113 heavy (non-hydrogen) atoms. The number of carbonyl (C=O) groups is 4. The van der Waals surface area contributed by atoms with E-state index < -0.39 is 24.1 Å². The van der Waals surface area contributed by atoms with Gasteiger partial charge in [-0.05, 0) is 122 Å². The molecule has 12 aromatic rings. The van der Waals surface area contributed by atoms with Crippen molar-refractivity contribution in [2.75, 3.05) is 27.9 Å². The average molecular weight is 1710 g/mol. The van der Waals surface area contributed by atoms with Gasteiger partial charge in [-0.3, -0.25) is 23.6 Å². The first-order valence-electron chi connectivity index (χ1n) is 33.8. The standard InChI is InChI=1S/C26H23ClN2O3.C25H21ClN2O3.C17H15ClN2O.C9H9BrO2.C5H10O2.CH2O3.4CH4.2K.H/c1-3-29-23(18-10-6-4-7-11-18)17-22(28-29)21-16-20(27)14-15-24(21)32-25(26(30)31-2)19-12-8-5-9-13-19;1-2-28-22(17-9-5-3-6-10-17)16-21(27-28)20-15-19(26)13-14-23(20)31-24(25(29)30)18-11-7-4-8-12-18;1-2-20-16(12-6-4-3-5-7-12)11-15(19-20)14-10-13(18)8-9-17(14)21;1-12-9(11)8(10)7-5-3-2-4-6-7;1-6-5-3-2-4-7-5;2-1-4-3;;;;;;;/h4-17,25H,3H2,1-2H3;3-16,24H,2H2,1H3,(H,29,30);3-11,21H,2H2,1H3;2-6,8H,1H3;5H,2-4H2,1H3;1,3H;4*1H4;;;/q;;;;;;;;;;2*+1;-1/p-1. The van der Waals surface area contributed by atoms with Crippen LogP contribution >= 0.6 is 50.7 Å². The predicted molar refractivity (Wildman–Crippen MR) is 444 cm³/mol. The number of esters is 2. The molecule has 26 heteroatoms. The van der Waals surface area contributed by atoms with E-state index in [4.69, 9.17) is 78.7 Å². The zero-order valence-electron chi connectivity index (χ0n) is 62.4. The summed E-state index contributed by atoms with van der Waals surface area (Å²) in [6, 6.07) is 79.0. The van der Waals surface area contributed by atoms with E-state index in [1.165, 1.54) is 14.2 Å². The first kappa shape index (κ1) is 101. The Hall–Kier alpha value is -7.61. The summed E-state index contributed by atoms with van der Waals surface area (Å²) >= 11 is 21.9. The third kappa shape index (κ3) is 29.9. The van der Waals surface area contributed by atoms with Crippen LogP contribution in [0.25, 0.3) is 67.5 Å². The quantitative estimate of drug-likeness (QED) is 0.0169. The molecule has 1 saturated heterocycles. The van der Waals surface area contributed by atoms with Crippen molar-refractivity contribution >= 4 is 75.1 Å². The first-order chi connectivity index (χ1) is 51.9. The fourth-order valence-electron chi connectivity index (χ4n) is 10.9. The van der Waals surface area contributed by atoms with Crippen LogP contribution in [0.1, 0.15) is 98.5 Å². The Kier molecular flexibility index (Phi) is 48.1. The van der Waals surface area contributed by atoms with Crippen molar-refractivity contribution in [3.05, 3.63) is 287 Å². The predicted octanol–water partition coefficient (Wildman–Crippen LogP) is 15.0. The van der Waals surface area contributed by atoms with E-state index in [9.17, 15) is 24.6 Å². The number of hydrogen-bond acceptors (Lipinski definition) is 16. The van der Waals surface area contributed by atoms with Crippen LogP contribution in [0.15, 0.2) is 255 Å². The molecule has 0 aliphatic carbocycles. The molecule has 0 bridgehead atoms. The van der Waals surface area contributed by atoms with Gasteiger partial charge in [-0.15, -0.1) is 0 Å². The number of carboxylic acid groups (broad SMARTS) is 1. The molecular formula is C87H96BrCl3K2N6O14. The molecule has 0 saturated carbocycles. The molecule has 9 aromatic carbocycles. The topological polar surface area (TPSA) is 250 Å². The Labute approximate surface area is 773 Å². The maximum absolute atomic E-state index is 12.5. The number of nitrogens with zero attached hydrogens (tertiary/aromatic N) is 6. The van der Waals surface area contributed by atoms with E-state index in [0.717, 1.165) is 71.0 Å². The number of rotatable bonds is 21. The van der Waals surface area contributed by atoms with Crippen LogP contribution in [-0.2, 0) is 62.6 Å². The zero-order valence-corrected chi connectivity index (χ0v) is 71.5. The second-order valence-electron chi connectivity index (χ2n) is 23.1. The van der Waals surface area contributed by atoms with Crippen LogP contribution in [0.4, 0.5) is 0 Å². The molecule has 0 radical (unpaired) electrons. The second kappa shape index (κ2) is 53.5. The average Bonchev–Trinajstić information content (AvgIpc) is 1.64. The number of aromatic hydroxyl groups is 1. The van der Waals surface area contributed by atoms with Crippen molar-refractivity contribution in [1.29, 1.82) is 0 Å². The van der Waals surface area contributed by atoms with Gasteiger partial charge in [-0.25, -0.2) is 9.59 Å². The molecule has 3 aromatic heterocycles. The van der Waals surface area contributed by atoms with E-state index in [2.05, 4.69) is 30.7 Å². The van der Waals surface area contributed by atoms with Gasteiger partial charge in [-0.1, -0.05) is 262 Å². The van der Waals surface area contributed by atoms with Crippen LogP contribution in [0, 0.1) is 0 Å². The van der Waals surface area contributed by atoms with Crippen LogP contribution in [0.3, 0.4) is 0 Å². The number of aliphatic carboxylic acids is 1. The molecule has 2 N–H and O–H groups in total. The molecule has 1 aliphatic rings. The molecule has 0 amide bonds. The summed E-state index contributed by atoms with van der Waals surface area (Å²) in [7, 11) is 4.40. The van der Waals surface area contributed by atoms with Gasteiger partial charge in [0.15, 0.2) is 6.29 Å². The number of alkyl halides is 1. The van der Waals surface area contributed by atoms with Crippen molar-refractivity contribution in [2.24, 2.45) is 0 Å². The minimum atomic E-state index is -1.15. The number of carboxylic acids is 1. The number of aromatic nitrogens is 6. The number of carbonyl (C=O) groups excluding carboxylic acids is 3. The zero-order chi connectivity index (χ0) is 76.6. The summed E-state index contributed by atoms with van der Waals surface area (Å²) in [5.41, 5.74) is 12.4. The van der Waals surface area contributed by atoms with Crippen molar-refractivity contribution in [2.45, 2.75) is 106 Å². The Morgan fingerprint density at radius 1 is 0.513 bits per heavy atom. The summed E-state index contributed by atoms with van der Waals surface area (Å²) in [4.78, 5) is 46.4. The molecule has 0 spiro atoms. The second-order valence-corrected chi connectivity index (χ2v) is 25.3. The van der Waals surface area contributed by atoms with Crippen molar-refractivity contribution in [3.63, 3.8) is 0 Å². The molecule has 1 fully saturated rings. The van der Waals surface area contributed by atoms with E-state index in [1.54, 1.807) is 86.0 Å². The van der Waals surface area contributed by atoms with Gasteiger partial charge in [0.2, 0.25) is 12.2 Å². The van der Waals surface area contributed by atoms with Crippen LogP contribution in [0.5, 0.6) is 17.2 Å². The summed E-state index contributed by atoms with van der Waals surface area (Å²) < 4.78 is 37.5. The van der Waals surface area contributed by atoms with Gasteiger partial charge < -0.3 is 50.2 Å². The normalized spacial score (nSPS) is 12.0. The van der Waals surface area contributed by atoms with Crippen LogP contribution in [-0.4, -0.2) is 98.2 Å². The maximum Gasteiger partial charge on any atom is 1.00 e. The molecule has 4 heterocycles. The smallest absolute Gasteiger partial charge is 1.00 e. The van der Waals surface area contributed by atoms with Gasteiger partial charge in [0, 0.05) is 82.7 Å². The molecule has 4 unspecified atom stereocenters. The van der Waals surface area contributed by atoms with Gasteiger partial charge in [0.05, 0.1) is 48.4 Å². The Morgan fingerprint density at radius 3 is 1.16 bits per heavy atom. The molecule has 20 nitrogen and oxygen atoms in total. The number of aryl methyl sites for hydroxylation is 3. The molecule has 1 aliphatic heterocycles. The molecule has 13 rings (SSSR count). The van der Waals surface area contributed by atoms with Gasteiger partial charge in [-0.2, -0.15) is 15.3 Å². The Bertz CT molecular complexity index is 4770. The maximum atomic E-state index is 12.5. The number of phenolic OH excluding ortho intramolecular Hbond substituents is 1. The summed E-state index contributed by atoms with van der Waals surface area (Å²) in [5.74, 6) is -0.756. The largest absolute Gasteiger partial charge is 1.00 e. The van der Waals surface area contributed by atoms with E-state index >= 15 is 0 Å². The van der Waals surface area contributed by atoms with Crippen LogP contribution < -0.4 is 118 Å².